The number of carbonyl (C=O) groups excluding carboxylic acids is 1. The molecule has 1 rings (SSSR count). The predicted octanol–water partition coefficient (Wildman–Crippen LogP) is 1.47. The topological polar surface area (TPSA) is 67.6 Å². The molecule has 102 valence electrons. The van der Waals surface area contributed by atoms with Gasteiger partial charge >= 0.3 is 6.03 Å². The first-order valence-corrected chi connectivity index (χ1v) is 6.04. The summed E-state index contributed by atoms with van der Waals surface area (Å²) >= 11 is 0. The molecule has 2 amide bonds. The van der Waals surface area contributed by atoms with E-state index in [0.29, 0.717) is 26.3 Å². The van der Waals surface area contributed by atoms with E-state index < -0.39 is 0 Å². The molecule has 0 bridgehead atoms. The second-order valence-corrected chi connectivity index (χ2v) is 4.09. The third-order valence-corrected chi connectivity index (χ3v) is 2.65. The average molecular weight is 255 g/mol. The largest absolute Gasteiger partial charge is 0.380 e. The summed E-state index contributed by atoms with van der Waals surface area (Å²) in [6, 6.07) is -0.130. The van der Waals surface area contributed by atoms with E-state index in [0.717, 1.165) is 17.0 Å². The highest BCUT2D eigenvalue weighted by molar-refractivity contribution is 5.73. The van der Waals surface area contributed by atoms with Crippen molar-refractivity contribution in [3.05, 3.63) is 17.0 Å². The molecule has 0 fully saturated rings. The summed E-state index contributed by atoms with van der Waals surface area (Å²) in [5.41, 5.74) is 1.78. The molecule has 0 aromatic carbocycles. The zero-order valence-electron chi connectivity index (χ0n) is 11.4. The molecule has 0 saturated carbocycles. The van der Waals surface area contributed by atoms with Gasteiger partial charge in [-0.25, -0.2) is 4.79 Å². The maximum absolute atomic E-state index is 11.8. The van der Waals surface area contributed by atoms with Crippen LogP contribution in [0.5, 0.6) is 0 Å². The molecule has 0 aliphatic rings. The van der Waals surface area contributed by atoms with Crippen molar-refractivity contribution in [3.8, 4) is 0 Å². The fourth-order valence-corrected chi connectivity index (χ4v) is 1.55. The van der Waals surface area contributed by atoms with Gasteiger partial charge in [-0.15, -0.1) is 0 Å². The Morgan fingerprint density at radius 3 is 2.78 bits per heavy atom. The van der Waals surface area contributed by atoms with Crippen molar-refractivity contribution < 1.29 is 14.1 Å². The van der Waals surface area contributed by atoms with Crippen molar-refractivity contribution in [2.24, 2.45) is 0 Å². The van der Waals surface area contributed by atoms with Gasteiger partial charge in [0.2, 0.25) is 0 Å². The highest BCUT2D eigenvalue weighted by Crippen LogP contribution is 2.13. The molecule has 1 aromatic heterocycles. The third-order valence-electron chi connectivity index (χ3n) is 2.65. The lowest BCUT2D eigenvalue weighted by Crippen LogP contribution is -2.38. The van der Waals surface area contributed by atoms with E-state index in [-0.39, 0.29) is 6.03 Å². The van der Waals surface area contributed by atoms with Gasteiger partial charge < -0.3 is 19.5 Å². The number of hydrogen-bond donors (Lipinski definition) is 1. The van der Waals surface area contributed by atoms with E-state index in [1.165, 1.54) is 0 Å². The van der Waals surface area contributed by atoms with E-state index >= 15 is 0 Å². The number of nitrogens with zero attached hydrogens (tertiary/aromatic N) is 2. The number of rotatable bonds is 6. The summed E-state index contributed by atoms with van der Waals surface area (Å²) in [7, 11) is 1.74. The van der Waals surface area contributed by atoms with Crippen LogP contribution < -0.4 is 5.32 Å². The van der Waals surface area contributed by atoms with Crippen LogP contribution in [0.1, 0.15) is 23.9 Å². The zero-order chi connectivity index (χ0) is 13.5. The van der Waals surface area contributed by atoms with Crippen molar-refractivity contribution in [2.75, 3.05) is 26.8 Å². The highest BCUT2D eigenvalue weighted by atomic mass is 16.5. The SMILES string of the molecule is CCOCCNC(=O)N(C)Cc1c(C)noc1C. The van der Waals surface area contributed by atoms with Crippen LogP contribution in [0.15, 0.2) is 4.52 Å². The number of aryl methyl sites for hydroxylation is 2. The number of urea groups is 1. The summed E-state index contributed by atoms with van der Waals surface area (Å²) in [6.07, 6.45) is 0. The van der Waals surface area contributed by atoms with Gasteiger partial charge in [0.1, 0.15) is 5.76 Å². The molecule has 0 saturated heterocycles. The Bertz CT molecular complexity index is 370. The van der Waals surface area contributed by atoms with Gasteiger partial charge in [-0.3, -0.25) is 0 Å². The van der Waals surface area contributed by atoms with Crippen molar-refractivity contribution in [3.63, 3.8) is 0 Å². The second kappa shape index (κ2) is 7.00. The van der Waals surface area contributed by atoms with E-state index in [2.05, 4.69) is 10.5 Å². The molecule has 0 aliphatic carbocycles. The van der Waals surface area contributed by atoms with Crippen LogP contribution in [0.2, 0.25) is 0 Å². The van der Waals surface area contributed by atoms with Gasteiger partial charge in [0.25, 0.3) is 0 Å². The molecule has 0 spiro atoms. The molecule has 6 heteroatoms. The number of ether oxygens (including phenoxy) is 1. The average Bonchev–Trinajstić information content (AvgIpc) is 2.66. The first kappa shape index (κ1) is 14.5. The molecule has 1 N–H and O–H groups in total. The summed E-state index contributed by atoms with van der Waals surface area (Å²) < 4.78 is 10.2. The Hall–Kier alpha value is -1.56. The summed E-state index contributed by atoms with van der Waals surface area (Å²) in [5, 5.41) is 6.64. The molecule has 0 aliphatic heterocycles. The maximum atomic E-state index is 11.8. The first-order valence-electron chi connectivity index (χ1n) is 6.04. The third kappa shape index (κ3) is 4.03. The lowest BCUT2D eigenvalue weighted by Gasteiger charge is -2.17. The Kier molecular flexibility index (Phi) is 5.64. The smallest absolute Gasteiger partial charge is 0.317 e. The molecular weight excluding hydrogens is 234 g/mol. The van der Waals surface area contributed by atoms with Gasteiger partial charge in [0.15, 0.2) is 0 Å². The minimum absolute atomic E-state index is 0.130. The van der Waals surface area contributed by atoms with E-state index in [1.54, 1.807) is 11.9 Å². The van der Waals surface area contributed by atoms with Crippen LogP contribution in [0.4, 0.5) is 4.79 Å². The summed E-state index contributed by atoms with van der Waals surface area (Å²) in [5.74, 6) is 0.751. The molecular formula is C12H21N3O3. The molecule has 0 atom stereocenters. The summed E-state index contributed by atoms with van der Waals surface area (Å²) in [6.45, 7) is 7.82. The Morgan fingerprint density at radius 2 is 2.22 bits per heavy atom. The van der Waals surface area contributed by atoms with Gasteiger partial charge in [0.05, 0.1) is 18.8 Å². The Balaban J connectivity index is 2.40. The van der Waals surface area contributed by atoms with Crippen LogP contribution in [-0.2, 0) is 11.3 Å². The first-order chi connectivity index (χ1) is 8.56. The van der Waals surface area contributed by atoms with Gasteiger partial charge in [0, 0.05) is 25.8 Å². The van der Waals surface area contributed by atoms with Gasteiger partial charge in [-0.05, 0) is 20.8 Å². The lowest BCUT2D eigenvalue weighted by atomic mass is 10.2. The van der Waals surface area contributed by atoms with E-state index in [9.17, 15) is 4.79 Å². The van der Waals surface area contributed by atoms with Crippen LogP contribution >= 0.6 is 0 Å². The van der Waals surface area contributed by atoms with E-state index in [1.807, 2.05) is 20.8 Å². The maximum Gasteiger partial charge on any atom is 0.317 e. The van der Waals surface area contributed by atoms with Crippen molar-refractivity contribution >= 4 is 6.03 Å². The van der Waals surface area contributed by atoms with Gasteiger partial charge in [-0.2, -0.15) is 0 Å². The number of nitrogens with one attached hydrogen (secondary N) is 1. The fraction of sp³-hybridized carbons (Fsp3) is 0.667. The van der Waals surface area contributed by atoms with Crippen molar-refractivity contribution in [1.29, 1.82) is 0 Å². The van der Waals surface area contributed by atoms with E-state index in [4.69, 9.17) is 9.26 Å². The van der Waals surface area contributed by atoms with Crippen LogP contribution in [0.3, 0.4) is 0 Å². The quantitative estimate of drug-likeness (QED) is 0.782. The molecule has 0 radical (unpaired) electrons. The van der Waals surface area contributed by atoms with Crippen molar-refractivity contribution in [1.82, 2.24) is 15.4 Å². The molecule has 18 heavy (non-hydrogen) atoms. The minimum atomic E-state index is -0.130. The highest BCUT2D eigenvalue weighted by Gasteiger charge is 2.14. The van der Waals surface area contributed by atoms with Crippen LogP contribution in [-0.4, -0.2) is 42.9 Å². The summed E-state index contributed by atoms with van der Waals surface area (Å²) in [4.78, 5) is 13.4. The monoisotopic (exact) mass is 255 g/mol. The standard InChI is InChI=1S/C12H21N3O3/c1-5-17-7-6-13-12(16)15(4)8-11-9(2)14-18-10(11)3/h5-8H2,1-4H3,(H,13,16). The lowest BCUT2D eigenvalue weighted by molar-refractivity contribution is 0.146. The number of carbonyl (C=O) groups is 1. The predicted molar refractivity (Wildman–Crippen MR) is 67.3 cm³/mol. The molecule has 1 heterocycles. The fourth-order valence-electron chi connectivity index (χ4n) is 1.55. The molecule has 6 nitrogen and oxygen atoms in total. The molecule has 1 aromatic rings. The Morgan fingerprint density at radius 1 is 1.50 bits per heavy atom. The van der Waals surface area contributed by atoms with Gasteiger partial charge in [-0.1, -0.05) is 5.16 Å². The number of hydrogen-bond acceptors (Lipinski definition) is 4. The minimum Gasteiger partial charge on any atom is -0.380 e. The van der Waals surface area contributed by atoms with Crippen LogP contribution in [0.25, 0.3) is 0 Å². The normalized spacial score (nSPS) is 10.4. The van der Waals surface area contributed by atoms with Crippen molar-refractivity contribution in [2.45, 2.75) is 27.3 Å². The Labute approximate surface area is 107 Å². The number of aromatic nitrogens is 1. The zero-order valence-corrected chi connectivity index (χ0v) is 11.4. The van der Waals surface area contributed by atoms with Crippen LogP contribution in [0, 0.1) is 13.8 Å². The molecule has 0 unspecified atom stereocenters. The number of amides is 2. The second-order valence-electron chi connectivity index (χ2n) is 4.09.